The normalized spacial score (nSPS) is 10.8. The van der Waals surface area contributed by atoms with E-state index in [1.165, 1.54) is 12.1 Å². The number of aliphatic hydroxyl groups is 1. The van der Waals surface area contributed by atoms with Crippen molar-refractivity contribution in [3.8, 4) is 17.6 Å². The molecular weight excluding hydrogens is 268 g/mol. The fourth-order valence-electron chi connectivity index (χ4n) is 1.10. The molecule has 0 aliphatic rings. The summed E-state index contributed by atoms with van der Waals surface area (Å²) in [6, 6.07) is 3.61. The predicted octanol–water partition coefficient (Wildman–Crippen LogP) is 2.08. The quantitative estimate of drug-likeness (QED) is 0.397. The number of hydrogen-bond donors (Lipinski definition) is 1. The molecule has 0 saturated heterocycles. The van der Waals surface area contributed by atoms with Crippen molar-refractivity contribution in [3.63, 3.8) is 0 Å². The Morgan fingerprint density at radius 2 is 2.00 bits per heavy atom. The molecule has 1 rings (SSSR count). The molecular formula is C12H10F4O3. The standard InChI is InChI=1S/C12H10F4O3/c13-10-4-3-9(2-1-5-17)6-11(10)19-8-18-7-12(14,15)16/h3-4,6,17H,5,7-8H2. The lowest BCUT2D eigenvalue weighted by atomic mass is 10.2. The van der Waals surface area contributed by atoms with Gasteiger partial charge < -0.3 is 14.6 Å². The van der Waals surface area contributed by atoms with Gasteiger partial charge in [-0.1, -0.05) is 11.8 Å². The SMILES string of the molecule is OCC#Cc1ccc(F)c(OCOCC(F)(F)F)c1. The van der Waals surface area contributed by atoms with Crippen LogP contribution in [0.3, 0.4) is 0 Å². The van der Waals surface area contributed by atoms with Gasteiger partial charge in [-0.3, -0.25) is 0 Å². The molecule has 1 aromatic rings. The first-order valence-electron chi connectivity index (χ1n) is 5.09. The largest absolute Gasteiger partial charge is 0.464 e. The molecule has 3 nitrogen and oxygen atoms in total. The second kappa shape index (κ2) is 6.97. The van der Waals surface area contributed by atoms with Crippen LogP contribution in [0.5, 0.6) is 5.75 Å². The van der Waals surface area contributed by atoms with Gasteiger partial charge in [0.15, 0.2) is 18.4 Å². The van der Waals surface area contributed by atoms with Gasteiger partial charge in [0.1, 0.15) is 13.2 Å². The van der Waals surface area contributed by atoms with Crippen LogP contribution in [0.25, 0.3) is 0 Å². The summed E-state index contributed by atoms with van der Waals surface area (Å²) in [5, 5.41) is 8.50. The zero-order valence-corrected chi connectivity index (χ0v) is 9.63. The average Bonchev–Trinajstić information content (AvgIpc) is 2.33. The van der Waals surface area contributed by atoms with Crippen LogP contribution in [0.15, 0.2) is 18.2 Å². The van der Waals surface area contributed by atoms with Gasteiger partial charge in [0, 0.05) is 5.56 Å². The fraction of sp³-hybridized carbons (Fsp3) is 0.333. The molecule has 0 fully saturated rings. The van der Waals surface area contributed by atoms with Crippen molar-refractivity contribution in [3.05, 3.63) is 29.6 Å². The van der Waals surface area contributed by atoms with Crippen molar-refractivity contribution in [2.75, 3.05) is 20.0 Å². The number of rotatable bonds is 4. The van der Waals surface area contributed by atoms with Crippen molar-refractivity contribution in [2.45, 2.75) is 6.18 Å². The van der Waals surface area contributed by atoms with Crippen molar-refractivity contribution >= 4 is 0 Å². The van der Waals surface area contributed by atoms with Crippen LogP contribution >= 0.6 is 0 Å². The molecule has 0 radical (unpaired) electrons. The summed E-state index contributed by atoms with van der Waals surface area (Å²) in [6.45, 7) is -2.56. The predicted molar refractivity (Wildman–Crippen MR) is 57.9 cm³/mol. The summed E-state index contributed by atoms with van der Waals surface area (Å²) in [6.07, 6.45) is -4.46. The molecule has 0 aliphatic heterocycles. The van der Waals surface area contributed by atoms with Gasteiger partial charge in [0.2, 0.25) is 0 Å². The van der Waals surface area contributed by atoms with Crippen LogP contribution in [0.2, 0.25) is 0 Å². The summed E-state index contributed by atoms with van der Waals surface area (Å²) in [5.41, 5.74) is 0.362. The highest BCUT2D eigenvalue weighted by Crippen LogP contribution is 2.19. The lowest BCUT2D eigenvalue weighted by Gasteiger charge is -2.10. The molecule has 1 N–H and O–H groups in total. The van der Waals surface area contributed by atoms with Gasteiger partial charge >= 0.3 is 6.18 Å². The number of hydrogen-bond acceptors (Lipinski definition) is 3. The third kappa shape index (κ3) is 6.08. The minimum Gasteiger partial charge on any atom is -0.464 e. The summed E-state index contributed by atoms with van der Waals surface area (Å²) in [7, 11) is 0. The minimum absolute atomic E-state index is 0.271. The average molecular weight is 278 g/mol. The van der Waals surface area contributed by atoms with E-state index in [1.807, 2.05) is 0 Å². The van der Waals surface area contributed by atoms with Crippen LogP contribution in [0.1, 0.15) is 5.56 Å². The highest BCUT2D eigenvalue weighted by molar-refractivity contribution is 5.40. The molecule has 104 valence electrons. The fourth-order valence-corrected chi connectivity index (χ4v) is 1.10. The molecule has 0 aromatic heterocycles. The van der Waals surface area contributed by atoms with Crippen LogP contribution in [-0.2, 0) is 4.74 Å². The minimum atomic E-state index is -4.46. The first kappa shape index (κ1) is 15.3. The second-order valence-corrected chi connectivity index (χ2v) is 3.33. The maximum atomic E-state index is 13.3. The van der Waals surface area contributed by atoms with Crippen molar-refractivity contribution in [1.29, 1.82) is 0 Å². The summed E-state index contributed by atoms with van der Waals surface area (Å²) in [5.74, 6) is 3.84. The van der Waals surface area contributed by atoms with E-state index in [0.29, 0.717) is 5.56 Å². The van der Waals surface area contributed by atoms with E-state index in [-0.39, 0.29) is 12.4 Å². The van der Waals surface area contributed by atoms with Gasteiger partial charge in [-0.15, -0.1) is 0 Å². The number of aliphatic hydroxyl groups excluding tert-OH is 1. The molecule has 0 heterocycles. The van der Waals surface area contributed by atoms with E-state index in [1.54, 1.807) is 0 Å². The Balaban J connectivity index is 2.57. The Kier molecular flexibility index (Phi) is 5.60. The Bertz CT molecular complexity index is 474. The summed E-state index contributed by atoms with van der Waals surface area (Å²) >= 11 is 0. The van der Waals surface area contributed by atoms with Crippen LogP contribution in [0, 0.1) is 17.7 Å². The van der Waals surface area contributed by atoms with Gasteiger partial charge in [-0.2, -0.15) is 13.2 Å². The van der Waals surface area contributed by atoms with E-state index in [9.17, 15) is 17.6 Å². The number of halogens is 4. The lowest BCUT2D eigenvalue weighted by molar-refractivity contribution is -0.187. The highest BCUT2D eigenvalue weighted by atomic mass is 19.4. The number of ether oxygens (including phenoxy) is 2. The zero-order chi connectivity index (χ0) is 14.3. The summed E-state index contributed by atoms with van der Waals surface area (Å²) < 4.78 is 57.5. The van der Waals surface area contributed by atoms with Crippen molar-refractivity contribution in [2.24, 2.45) is 0 Å². The summed E-state index contributed by atoms with van der Waals surface area (Å²) in [4.78, 5) is 0. The maximum Gasteiger partial charge on any atom is 0.411 e. The molecule has 0 spiro atoms. The van der Waals surface area contributed by atoms with Crippen molar-refractivity contribution < 1.29 is 32.1 Å². The zero-order valence-electron chi connectivity index (χ0n) is 9.63. The number of benzene rings is 1. The third-order valence-corrected chi connectivity index (χ3v) is 1.81. The smallest absolute Gasteiger partial charge is 0.411 e. The van der Waals surface area contributed by atoms with E-state index >= 15 is 0 Å². The van der Waals surface area contributed by atoms with E-state index in [0.717, 1.165) is 6.07 Å². The Hall–Kier alpha value is -1.78. The Morgan fingerprint density at radius 1 is 1.26 bits per heavy atom. The Labute approximate surface area is 106 Å². The molecule has 0 unspecified atom stereocenters. The molecule has 0 bridgehead atoms. The molecule has 0 atom stereocenters. The van der Waals surface area contributed by atoms with Crippen LogP contribution in [-0.4, -0.2) is 31.3 Å². The molecule has 0 saturated carbocycles. The van der Waals surface area contributed by atoms with E-state index in [4.69, 9.17) is 9.84 Å². The van der Waals surface area contributed by atoms with Gasteiger partial charge in [-0.25, -0.2) is 4.39 Å². The Morgan fingerprint density at radius 3 is 2.63 bits per heavy atom. The lowest BCUT2D eigenvalue weighted by Crippen LogP contribution is -2.19. The first-order chi connectivity index (χ1) is 8.92. The van der Waals surface area contributed by atoms with Crippen LogP contribution < -0.4 is 4.74 Å². The highest BCUT2D eigenvalue weighted by Gasteiger charge is 2.27. The topological polar surface area (TPSA) is 38.7 Å². The molecule has 7 heteroatoms. The molecule has 1 aromatic carbocycles. The van der Waals surface area contributed by atoms with Gasteiger partial charge in [0.25, 0.3) is 0 Å². The van der Waals surface area contributed by atoms with Gasteiger partial charge in [-0.05, 0) is 18.2 Å². The number of alkyl halides is 3. The molecule has 0 amide bonds. The van der Waals surface area contributed by atoms with Crippen LogP contribution in [0.4, 0.5) is 17.6 Å². The molecule has 0 aliphatic carbocycles. The molecule has 19 heavy (non-hydrogen) atoms. The third-order valence-electron chi connectivity index (χ3n) is 1.81. The monoisotopic (exact) mass is 278 g/mol. The van der Waals surface area contributed by atoms with E-state index < -0.39 is 25.4 Å². The van der Waals surface area contributed by atoms with E-state index in [2.05, 4.69) is 16.6 Å². The van der Waals surface area contributed by atoms with Gasteiger partial charge in [0.05, 0.1) is 0 Å². The second-order valence-electron chi connectivity index (χ2n) is 3.33. The first-order valence-corrected chi connectivity index (χ1v) is 5.09. The maximum absolute atomic E-state index is 13.3. The van der Waals surface area contributed by atoms with Crippen molar-refractivity contribution in [1.82, 2.24) is 0 Å².